The predicted octanol–water partition coefficient (Wildman–Crippen LogP) is 5.05. The van der Waals surface area contributed by atoms with Gasteiger partial charge in [0.25, 0.3) is 0 Å². The Kier molecular flexibility index (Phi) is 5.10. The van der Waals surface area contributed by atoms with E-state index < -0.39 is 0 Å². The quantitative estimate of drug-likeness (QED) is 0.687. The number of fused-ring (bicyclic) bond motifs is 1. The average molecular weight is 218 g/mol. The van der Waals surface area contributed by atoms with E-state index in [1.807, 2.05) is 12.1 Å². The first-order valence-corrected chi connectivity index (χ1v) is 6.13. The van der Waals surface area contributed by atoms with Gasteiger partial charge in [-0.2, -0.15) is 0 Å². The van der Waals surface area contributed by atoms with Gasteiger partial charge in [0.1, 0.15) is 5.58 Å². The molecule has 0 N–H and O–H groups in total. The molecule has 1 nitrogen and oxygen atoms in total. The van der Waals surface area contributed by atoms with Crippen LogP contribution >= 0.6 is 0 Å². The van der Waals surface area contributed by atoms with Crippen molar-refractivity contribution in [3.63, 3.8) is 0 Å². The molecule has 2 aromatic rings. The highest BCUT2D eigenvalue weighted by Gasteiger charge is 1.95. The monoisotopic (exact) mass is 218 g/mol. The highest BCUT2D eigenvalue weighted by atomic mass is 16.3. The second kappa shape index (κ2) is 6.37. The highest BCUT2D eigenvalue weighted by Crippen LogP contribution is 2.16. The van der Waals surface area contributed by atoms with Gasteiger partial charge in [-0.3, -0.25) is 0 Å². The van der Waals surface area contributed by atoms with Crippen LogP contribution in [-0.4, -0.2) is 0 Å². The predicted molar refractivity (Wildman–Crippen MR) is 70.7 cm³/mol. The van der Waals surface area contributed by atoms with Crippen molar-refractivity contribution in [1.29, 1.82) is 0 Å². The van der Waals surface area contributed by atoms with E-state index in [1.54, 1.807) is 6.26 Å². The normalized spacial score (nSPS) is 10.3. The van der Waals surface area contributed by atoms with Crippen molar-refractivity contribution >= 4 is 11.0 Å². The zero-order valence-corrected chi connectivity index (χ0v) is 10.8. The number of benzene rings is 1. The molecule has 0 aliphatic heterocycles. The van der Waals surface area contributed by atoms with Crippen LogP contribution in [0.15, 0.2) is 34.9 Å². The number of hydrogen-bond donors (Lipinski definition) is 0. The van der Waals surface area contributed by atoms with Gasteiger partial charge in [0.05, 0.1) is 6.26 Å². The van der Waals surface area contributed by atoms with E-state index >= 15 is 0 Å². The van der Waals surface area contributed by atoms with Crippen LogP contribution in [0.3, 0.4) is 0 Å². The molecule has 16 heavy (non-hydrogen) atoms. The molecule has 2 rings (SSSR count). The van der Waals surface area contributed by atoms with Crippen molar-refractivity contribution in [1.82, 2.24) is 0 Å². The summed E-state index contributed by atoms with van der Waals surface area (Å²) in [6, 6.07) is 8.29. The van der Waals surface area contributed by atoms with Crippen LogP contribution < -0.4 is 0 Å². The molecule has 0 unspecified atom stereocenters. The summed E-state index contributed by atoms with van der Waals surface area (Å²) in [7, 11) is 0. The molecule has 0 amide bonds. The first-order valence-electron chi connectivity index (χ1n) is 6.13. The van der Waals surface area contributed by atoms with Gasteiger partial charge in [0, 0.05) is 5.39 Å². The Hall–Kier alpha value is -1.24. The van der Waals surface area contributed by atoms with E-state index in [2.05, 4.69) is 39.8 Å². The lowest BCUT2D eigenvalue weighted by atomic mass is 10.1. The van der Waals surface area contributed by atoms with Crippen molar-refractivity contribution in [3.05, 3.63) is 36.1 Å². The topological polar surface area (TPSA) is 13.1 Å². The summed E-state index contributed by atoms with van der Waals surface area (Å²) in [6.07, 6.45) is 4.12. The number of rotatable bonds is 2. The van der Waals surface area contributed by atoms with Crippen LogP contribution in [0.4, 0.5) is 0 Å². The van der Waals surface area contributed by atoms with E-state index in [0.717, 1.165) is 17.9 Å². The fourth-order valence-corrected chi connectivity index (χ4v) is 1.24. The Bertz CT molecular complexity index is 412. The Balaban J connectivity index is 0.000000221. The van der Waals surface area contributed by atoms with Crippen LogP contribution in [0.5, 0.6) is 0 Å². The molecule has 0 bridgehead atoms. The number of hydrogen-bond acceptors (Lipinski definition) is 1. The minimum atomic E-state index is 0.884. The van der Waals surface area contributed by atoms with E-state index in [0.29, 0.717) is 0 Å². The lowest BCUT2D eigenvalue weighted by Gasteiger charge is -1.93. The summed E-state index contributed by atoms with van der Waals surface area (Å²) in [5.74, 6) is 0.884. The van der Waals surface area contributed by atoms with Crippen molar-refractivity contribution in [2.75, 3.05) is 0 Å². The standard InChI is InChI=1S/C10H10O.C5H12/c1-2-8-3-4-10-9(7-8)5-6-11-10;1-4-5(2)3/h3-7H,2H2,1H3;5H,4H2,1-3H3. The summed E-state index contributed by atoms with van der Waals surface area (Å²) >= 11 is 0. The van der Waals surface area contributed by atoms with Crippen LogP contribution in [0, 0.1) is 5.92 Å². The zero-order chi connectivity index (χ0) is 12.0. The molecule has 1 heteroatoms. The van der Waals surface area contributed by atoms with Crippen molar-refractivity contribution in [3.8, 4) is 0 Å². The second-order valence-corrected chi connectivity index (χ2v) is 4.45. The van der Waals surface area contributed by atoms with Gasteiger partial charge in [0.15, 0.2) is 0 Å². The van der Waals surface area contributed by atoms with Crippen LogP contribution in [0.25, 0.3) is 11.0 Å². The Labute approximate surface area is 98.5 Å². The lowest BCUT2D eigenvalue weighted by Crippen LogP contribution is -1.77. The Morgan fingerprint density at radius 1 is 1.12 bits per heavy atom. The number of aryl methyl sites for hydroxylation is 1. The first-order chi connectivity index (χ1) is 7.67. The molecule has 0 spiro atoms. The lowest BCUT2D eigenvalue weighted by molar-refractivity contribution is 0.616. The molecular formula is C15H22O. The molecule has 0 fully saturated rings. The third-order valence-corrected chi connectivity index (χ3v) is 2.74. The molecule has 1 aromatic heterocycles. The first kappa shape index (κ1) is 12.8. The van der Waals surface area contributed by atoms with Crippen LogP contribution in [-0.2, 0) is 6.42 Å². The van der Waals surface area contributed by atoms with Gasteiger partial charge in [-0.15, -0.1) is 0 Å². The van der Waals surface area contributed by atoms with Crippen LogP contribution in [0.2, 0.25) is 0 Å². The molecule has 0 aliphatic rings. The Morgan fingerprint density at radius 3 is 2.38 bits per heavy atom. The second-order valence-electron chi connectivity index (χ2n) is 4.45. The van der Waals surface area contributed by atoms with E-state index in [9.17, 15) is 0 Å². The van der Waals surface area contributed by atoms with Gasteiger partial charge < -0.3 is 4.42 Å². The maximum Gasteiger partial charge on any atom is 0.133 e. The summed E-state index contributed by atoms with van der Waals surface area (Å²) in [6.45, 7) is 8.80. The number of furan rings is 1. The van der Waals surface area contributed by atoms with Crippen LogP contribution in [0.1, 0.15) is 39.7 Å². The molecule has 88 valence electrons. The smallest absolute Gasteiger partial charge is 0.133 e. The molecule has 0 aliphatic carbocycles. The van der Waals surface area contributed by atoms with Crippen molar-refractivity contribution < 1.29 is 4.42 Å². The maximum atomic E-state index is 5.22. The molecule has 0 radical (unpaired) electrons. The Morgan fingerprint density at radius 2 is 1.81 bits per heavy atom. The minimum absolute atomic E-state index is 0.884. The molecule has 1 heterocycles. The minimum Gasteiger partial charge on any atom is -0.464 e. The van der Waals surface area contributed by atoms with E-state index in [1.165, 1.54) is 17.4 Å². The fourth-order valence-electron chi connectivity index (χ4n) is 1.24. The van der Waals surface area contributed by atoms with Gasteiger partial charge >= 0.3 is 0 Å². The highest BCUT2D eigenvalue weighted by molar-refractivity contribution is 5.77. The van der Waals surface area contributed by atoms with Gasteiger partial charge in [-0.1, -0.05) is 40.2 Å². The average Bonchev–Trinajstić information content (AvgIpc) is 2.76. The zero-order valence-electron chi connectivity index (χ0n) is 10.8. The largest absolute Gasteiger partial charge is 0.464 e. The SMILES string of the molecule is CCC(C)C.CCc1ccc2occc2c1. The molecule has 0 atom stereocenters. The van der Waals surface area contributed by atoms with E-state index in [-0.39, 0.29) is 0 Å². The maximum absolute atomic E-state index is 5.22. The van der Waals surface area contributed by atoms with Crippen molar-refractivity contribution in [2.24, 2.45) is 5.92 Å². The summed E-state index contributed by atoms with van der Waals surface area (Å²) in [5.41, 5.74) is 2.33. The summed E-state index contributed by atoms with van der Waals surface area (Å²) < 4.78 is 5.22. The third-order valence-electron chi connectivity index (χ3n) is 2.74. The molecule has 1 aromatic carbocycles. The van der Waals surface area contributed by atoms with Gasteiger partial charge in [-0.05, 0) is 36.1 Å². The molecule has 0 saturated carbocycles. The van der Waals surface area contributed by atoms with Gasteiger partial charge in [0.2, 0.25) is 0 Å². The van der Waals surface area contributed by atoms with Gasteiger partial charge in [-0.25, -0.2) is 0 Å². The van der Waals surface area contributed by atoms with Crippen molar-refractivity contribution in [2.45, 2.75) is 40.5 Å². The molecular weight excluding hydrogens is 196 g/mol. The van der Waals surface area contributed by atoms with E-state index in [4.69, 9.17) is 4.42 Å². The molecule has 0 saturated heterocycles. The summed E-state index contributed by atoms with van der Waals surface area (Å²) in [5, 5.41) is 1.20. The summed E-state index contributed by atoms with van der Waals surface area (Å²) in [4.78, 5) is 0. The fraction of sp³-hybridized carbons (Fsp3) is 0.467. The third kappa shape index (κ3) is 3.73.